The average Bonchev–Trinajstić information content (AvgIpc) is 3.14. The van der Waals surface area contributed by atoms with Crippen LogP contribution in [0.4, 0.5) is 0 Å². The predicted octanol–water partition coefficient (Wildman–Crippen LogP) is 1.12. The number of carbonyl (C=O) groups excluding carboxylic acids is 1. The number of methoxy groups -OCH3 is 1. The van der Waals surface area contributed by atoms with Gasteiger partial charge in [0.15, 0.2) is 0 Å². The number of hydrogen-bond acceptors (Lipinski definition) is 5. The summed E-state index contributed by atoms with van der Waals surface area (Å²) in [5.41, 5.74) is 0. The Balaban J connectivity index is 2.15. The van der Waals surface area contributed by atoms with Crippen molar-refractivity contribution in [1.29, 1.82) is 0 Å². The molecule has 1 saturated carbocycles. The van der Waals surface area contributed by atoms with Gasteiger partial charge in [0.05, 0.1) is 24.3 Å². The lowest BCUT2D eigenvalue weighted by Gasteiger charge is -2.22. The lowest BCUT2D eigenvalue weighted by molar-refractivity contribution is -0.145. The highest BCUT2D eigenvalue weighted by atomic mass is 32.2. The third-order valence-electron chi connectivity index (χ3n) is 3.92. The van der Waals surface area contributed by atoms with E-state index in [9.17, 15) is 13.2 Å². The number of imidazole rings is 1. The lowest BCUT2D eigenvalue weighted by atomic mass is 10.1. The summed E-state index contributed by atoms with van der Waals surface area (Å²) in [6, 6.07) is -0.413. The molecule has 8 heteroatoms. The van der Waals surface area contributed by atoms with Crippen LogP contribution in [0.15, 0.2) is 12.4 Å². The summed E-state index contributed by atoms with van der Waals surface area (Å²) in [5.74, 6) is -0.454. The molecule has 2 N–H and O–H groups in total. The van der Waals surface area contributed by atoms with Crippen LogP contribution in [0.3, 0.4) is 0 Å². The van der Waals surface area contributed by atoms with E-state index in [4.69, 9.17) is 4.74 Å². The molecule has 0 spiro atoms. The van der Waals surface area contributed by atoms with E-state index in [0.717, 1.165) is 0 Å². The first-order valence-corrected chi connectivity index (χ1v) is 8.62. The van der Waals surface area contributed by atoms with E-state index in [0.29, 0.717) is 31.5 Å². The first-order valence-electron chi connectivity index (χ1n) is 7.07. The molecule has 1 aromatic heterocycles. The second-order valence-corrected chi connectivity index (χ2v) is 7.13. The fourth-order valence-electron chi connectivity index (χ4n) is 2.80. The molecule has 7 nitrogen and oxygen atoms in total. The van der Waals surface area contributed by atoms with Crippen molar-refractivity contribution >= 4 is 16.0 Å². The SMILES string of the molecule is CCC(NS(=O)(=O)C1CCCC1C(=O)OC)c1ncc[nH]1. The van der Waals surface area contributed by atoms with Crippen LogP contribution >= 0.6 is 0 Å². The highest BCUT2D eigenvalue weighted by Gasteiger charge is 2.43. The van der Waals surface area contributed by atoms with E-state index >= 15 is 0 Å². The molecule has 0 amide bonds. The summed E-state index contributed by atoms with van der Waals surface area (Å²) in [5, 5.41) is -0.728. The second-order valence-electron chi connectivity index (χ2n) is 5.20. The lowest BCUT2D eigenvalue weighted by Crippen LogP contribution is -2.41. The fourth-order valence-corrected chi connectivity index (χ4v) is 4.81. The number of aromatic nitrogens is 2. The summed E-state index contributed by atoms with van der Waals surface area (Å²) < 4.78 is 32.5. The zero-order chi connectivity index (χ0) is 15.5. The molecular weight excluding hydrogens is 294 g/mol. The largest absolute Gasteiger partial charge is 0.469 e. The van der Waals surface area contributed by atoms with Crippen LogP contribution in [-0.2, 0) is 19.6 Å². The molecule has 0 aliphatic heterocycles. The van der Waals surface area contributed by atoms with E-state index in [-0.39, 0.29) is 0 Å². The van der Waals surface area contributed by atoms with Gasteiger partial charge in [-0.2, -0.15) is 0 Å². The van der Waals surface area contributed by atoms with Crippen molar-refractivity contribution in [3.05, 3.63) is 18.2 Å². The number of H-pyrrole nitrogens is 1. The fraction of sp³-hybridized carbons (Fsp3) is 0.692. The van der Waals surface area contributed by atoms with Gasteiger partial charge in [0.1, 0.15) is 5.82 Å². The van der Waals surface area contributed by atoms with Gasteiger partial charge < -0.3 is 9.72 Å². The zero-order valence-corrected chi connectivity index (χ0v) is 13.0. The number of carbonyl (C=O) groups is 1. The van der Waals surface area contributed by atoms with Crippen LogP contribution in [0.25, 0.3) is 0 Å². The van der Waals surface area contributed by atoms with Gasteiger partial charge in [0, 0.05) is 12.4 Å². The van der Waals surface area contributed by atoms with Crippen molar-refractivity contribution in [2.75, 3.05) is 7.11 Å². The maximum atomic E-state index is 12.6. The quantitative estimate of drug-likeness (QED) is 0.766. The Bertz CT molecular complexity index is 570. The van der Waals surface area contributed by atoms with E-state index in [1.165, 1.54) is 7.11 Å². The third kappa shape index (κ3) is 3.44. The summed E-state index contributed by atoms with van der Waals surface area (Å²) in [6.45, 7) is 1.88. The number of aromatic amines is 1. The maximum absolute atomic E-state index is 12.6. The number of rotatable bonds is 6. The van der Waals surface area contributed by atoms with Crippen LogP contribution in [-0.4, -0.2) is 36.7 Å². The highest BCUT2D eigenvalue weighted by molar-refractivity contribution is 7.90. The van der Waals surface area contributed by atoms with Gasteiger partial charge in [0.2, 0.25) is 10.0 Å². The molecule has 3 unspecified atom stereocenters. The van der Waals surface area contributed by atoms with Gasteiger partial charge in [0.25, 0.3) is 0 Å². The number of sulfonamides is 1. The van der Waals surface area contributed by atoms with Gasteiger partial charge in [-0.25, -0.2) is 18.1 Å². The Kier molecular flexibility index (Phi) is 5.00. The topological polar surface area (TPSA) is 101 Å². The van der Waals surface area contributed by atoms with E-state index in [1.54, 1.807) is 12.4 Å². The predicted molar refractivity (Wildman–Crippen MR) is 76.8 cm³/mol. The smallest absolute Gasteiger partial charge is 0.310 e. The minimum absolute atomic E-state index is 0.413. The molecule has 2 rings (SSSR count). The van der Waals surface area contributed by atoms with Gasteiger partial charge in [-0.15, -0.1) is 0 Å². The minimum atomic E-state index is -3.61. The van der Waals surface area contributed by atoms with E-state index in [2.05, 4.69) is 14.7 Å². The summed E-state index contributed by atoms with van der Waals surface area (Å²) in [6.07, 6.45) is 5.54. The molecule has 0 saturated heterocycles. The molecule has 0 bridgehead atoms. The Morgan fingerprint density at radius 2 is 2.33 bits per heavy atom. The van der Waals surface area contributed by atoms with Crippen molar-refractivity contribution in [2.24, 2.45) is 5.92 Å². The molecule has 0 aromatic carbocycles. The van der Waals surface area contributed by atoms with Crippen LogP contribution in [0.5, 0.6) is 0 Å². The standard InChI is InChI=1S/C13H21N3O4S/c1-3-10(12-14-7-8-15-12)16-21(18,19)11-6-4-5-9(11)13(17)20-2/h7-11,16H,3-6H2,1-2H3,(H,14,15). The zero-order valence-electron chi connectivity index (χ0n) is 12.2. The normalized spacial score (nSPS) is 23.9. The number of ether oxygens (including phenoxy) is 1. The highest BCUT2D eigenvalue weighted by Crippen LogP contribution is 2.32. The van der Waals surface area contributed by atoms with Crippen molar-refractivity contribution in [1.82, 2.24) is 14.7 Å². The molecule has 1 heterocycles. The molecule has 1 aliphatic carbocycles. The average molecular weight is 315 g/mol. The van der Waals surface area contributed by atoms with E-state index < -0.39 is 33.2 Å². The molecule has 1 aromatic rings. The van der Waals surface area contributed by atoms with Crippen LogP contribution in [0, 0.1) is 5.92 Å². The van der Waals surface area contributed by atoms with Crippen LogP contribution in [0.2, 0.25) is 0 Å². The van der Waals surface area contributed by atoms with Crippen LogP contribution < -0.4 is 4.72 Å². The summed E-state index contributed by atoms with van der Waals surface area (Å²) in [7, 11) is -2.33. The Labute approximate surface area is 124 Å². The minimum Gasteiger partial charge on any atom is -0.469 e. The molecule has 1 fully saturated rings. The molecule has 0 radical (unpaired) electrons. The first-order chi connectivity index (χ1) is 9.99. The number of esters is 1. The Hall–Kier alpha value is -1.41. The van der Waals surface area contributed by atoms with Crippen molar-refractivity contribution in [2.45, 2.75) is 43.9 Å². The van der Waals surface area contributed by atoms with Crippen molar-refractivity contribution < 1.29 is 17.9 Å². The molecule has 3 atom stereocenters. The van der Waals surface area contributed by atoms with Crippen molar-refractivity contribution in [3.63, 3.8) is 0 Å². The first kappa shape index (κ1) is 16.0. The second kappa shape index (κ2) is 6.57. The summed E-state index contributed by atoms with van der Waals surface area (Å²) >= 11 is 0. The maximum Gasteiger partial charge on any atom is 0.310 e. The number of nitrogens with one attached hydrogen (secondary N) is 2. The molecular formula is C13H21N3O4S. The van der Waals surface area contributed by atoms with Crippen LogP contribution in [0.1, 0.15) is 44.5 Å². The van der Waals surface area contributed by atoms with Gasteiger partial charge in [-0.05, 0) is 19.3 Å². The molecule has 1 aliphatic rings. The Morgan fingerprint density at radius 3 is 2.90 bits per heavy atom. The van der Waals surface area contributed by atoms with Gasteiger partial charge >= 0.3 is 5.97 Å². The van der Waals surface area contributed by atoms with Gasteiger partial charge in [-0.1, -0.05) is 13.3 Å². The van der Waals surface area contributed by atoms with Crippen molar-refractivity contribution in [3.8, 4) is 0 Å². The number of nitrogens with zero attached hydrogens (tertiary/aromatic N) is 1. The molecule has 118 valence electrons. The number of hydrogen-bond donors (Lipinski definition) is 2. The monoisotopic (exact) mass is 315 g/mol. The summed E-state index contributed by atoms with van der Waals surface area (Å²) in [4.78, 5) is 18.7. The molecule has 21 heavy (non-hydrogen) atoms. The third-order valence-corrected chi connectivity index (χ3v) is 5.89. The van der Waals surface area contributed by atoms with E-state index in [1.807, 2.05) is 6.92 Å². The van der Waals surface area contributed by atoms with Gasteiger partial charge in [-0.3, -0.25) is 4.79 Å². The Morgan fingerprint density at radius 1 is 1.57 bits per heavy atom.